The number of anilines is 2. The maximum absolute atomic E-state index is 3.71. The fourth-order valence-electron chi connectivity index (χ4n) is 5.28. The average Bonchev–Trinajstić information content (AvgIpc) is 3.17. The minimum Gasteiger partial charge on any atom is -0.355 e. The molecule has 1 heteroatoms. The lowest BCUT2D eigenvalue weighted by molar-refractivity contribution is 0.771. The van der Waals surface area contributed by atoms with Crippen molar-refractivity contribution < 1.29 is 0 Å². The molecule has 6 rings (SSSR count). The normalized spacial score (nSPS) is 13.2. The third-order valence-corrected chi connectivity index (χ3v) is 6.54. The van der Waals surface area contributed by atoms with Crippen LogP contribution in [0.25, 0.3) is 11.1 Å². The van der Waals surface area contributed by atoms with Crippen molar-refractivity contribution >= 4 is 11.4 Å². The van der Waals surface area contributed by atoms with Gasteiger partial charge < -0.3 is 5.32 Å². The van der Waals surface area contributed by atoms with E-state index in [4.69, 9.17) is 0 Å². The summed E-state index contributed by atoms with van der Waals surface area (Å²) in [4.78, 5) is 0. The highest BCUT2D eigenvalue weighted by molar-refractivity contribution is 5.88. The maximum atomic E-state index is 3.71. The molecule has 1 N–H and O–H groups in total. The Kier molecular flexibility index (Phi) is 4.40. The van der Waals surface area contributed by atoms with Crippen LogP contribution in [0.4, 0.5) is 11.4 Å². The standard InChI is InChI=1S/C31H23N/c1-3-13-23(14-4-1)31(27-19-9-7-17-25(27)26-18-8-10-20-28(26)31)29-21-11-12-22-30(29)32-24-15-5-2-6-16-24/h1-22,32H. The average molecular weight is 410 g/mol. The van der Waals surface area contributed by atoms with Crippen molar-refractivity contribution in [1.29, 1.82) is 0 Å². The molecule has 0 atom stereocenters. The van der Waals surface area contributed by atoms with Crippen molar-refractivity contribution in [2.24, 2.45) is 0 Å². The van der Waals surface area contributed by atoms with E-state index in [1.54, 1.807) is 0 Å². The van der Waals surface area contributed by atoms with E-state index in [9.17, 15) is 0 Å². The van der Waals surface area contributed by atoms with E-state index in [1.807, 2.05) is 6.07 Å². The minimum absolute atomic E-state index is 0.396. The number of hydrogen-bond acceptors (Lipinski definition) is 1. The predicted octanol–water partition coefficient (Wildman–Crippen LogP) is 7.79. The highest BCUT2D eigenvalue weighted by atomic mass is 14.9. The van der Waals surface area contributed by atoms with E-state index in [2.05, 4.69) is 133 Å². The first-order valence-corrected chi connectivity index (χ1v) is 11.1. The third kappa shape index (κ3) is 2.72. The molecule has 5 aromatic carbocycles. The number of rotatable bonds is 4. The lowest BCUT2D eigenvalue weighted by atomic mass is 9.67. The minimum atomic E-state index is -0.396. The van der Waals surface area contributed by atoms with Crippen LogP contribution in [0.3, 0.4) is 0 Å². The molecule has 0 saturated heterocycles. The van der Waals surface area contributed by atoms with Crippen LogP contribution in [0.1, 0.15) is 22.3 Å². The number of benzene rings is 5. The van der Waals surface area contributed by atoms with Gasteiger partial charge in [0.15, 0.2) is 0 Å². The Labute approximate surface area is 189 Å². The Morgan fingerprint density at radius 1 is 0.406 bits per heavy atom. The highest BCUT2D eigenvalue weighted by Crippen LogP contribution is 2.57. The SMILES string of the molecule is c1ccc(Nc2ccccc2C2(c3ccccc3)c3ccccc3-c3ccccc32)cc1. The zero-order chi connectivity index (χ0) is 21.4. The van der Waals surface area contributed by atoms with E-state index in [-0.39, 0.29) is 0 Å². The van der Waals surface area contributed by atoms with E-state index in [0.717, 1.165) is 11.4 Å². The van der Waals surface area contributed by atoms with Crippen LogP contribution in [0.5, 0.6) is 0 Å². The second-order valence-corrected chi connectivity index (χ2v) is 8.24. The molecule has 0 aliphatic heterocycles. The summed E-state index contributed by atoms with van der Waals surface area (Å²) in [5.74, 6) is 0. The summed E-state index contributed by atoms with van der Waals surface area (Å²) in [5.41, 5.74) is 9.61. The fourth-order valence-corrected chi connectivity index (χ4v) is 5.28. The second kappa shape index (κ2) is 7.55. The molecule has 0 saturated carbocycles. The highest BCUT2D eigenvalue weighted by Gasteiger charge is 2.46. The van der Waals surface area contributed by atoms with Crippen molar-refractivity contribution in [3.63, 3.8) is 0 Å². The molecule has 152 valence electrons. The number of nitrogens with one attached hydrogen (secondary N) is 1. The summed E-state index contributed by atoms with van der Waals surface area (Å²) >= 11 is 0. The van der Waals surface area contributed by atoms with Crippen molar-refractivity contribution in [3.8, 4) is 11.1 Å². The summed E-state index contributed by atoms with van der Waals surface area (Å²) in [6, 6.07) is 47.8. The third-order valence-electron chi connectivity index (χ3n) is 6.54. The van der Waals surface area contributed by atoms with Crippen molar-refractivity contribution in [3.05, 3.63) is 156 Å². The van der Waals surface area contributed by atoms with Crippen LogP contribution < -0.4 is 5.32 Å². The van der Waals surface area contributed by atoms with E-state index < -0.39 is 5.41 Å². The Hall–Kier alpha value is -4.10. The first kappa shape index (κ1) is 18.7. The number of fused-ring (bicyclic) bond motifs is 3. The quantitative estimate of drug-likeness (QED) is 0.313. The molecule has 0 amide bonds. The summed E-state index contributed by atoms with van der Waals surface area (Å²) < 4.78 is 0. The lowest BCUT2D eigenvalue weighted by Gasteiger charge is -2.35. The van der Waals surface area contributed by atoms with Gasteiger partial charge in [0.1, 0.15) is 0 Å². The van der Waals surface area contributed by atoms with Crippen LogP contribution in [0.15, 0.2) is 133 Å². The van der Waals surface area contributed by atoms with Gasteiger partial charge in [0, 0.05) is 11.4 Å². The summed E-state index contributed by atoms with van der Waals surface area (Å²) in [7, 11) is 0. The first-order chi connectivity index (χ1) is 15.9. The summed E-state index contributed by atoms with van der Waals surface area (Å²) in [6.45, 7) is 0. The molecule has 32 heavy (non-hydrogen) atoms. The van der Waals surface area contributed by atoms with E-state index >= 15 is 0 Å². The van der Waals surface area contributed by atoms with Crippen molar-refractivity contribution in [2.75, 3.05) is 5.32 Å². The smallest absolute Gasteiger partial charge is 0.0733 e. The topological polar surface area (TPSA) is 12.0 Å². The lowest BCUT2D eigenvalue weighted by Crippen LogP contribution is -2.29. The Balaban J connectivity index is 1.70. The number of para-hydroxylation sites is 2. The van der Waals surface area contributed by atoms with Crippen LogP contribution in [-0.2, 0) is 5.41 Å². The molecule has 0 spiro atoms. The molecule has 1 nitrogen and oxygen atoms in total. The van der Waals surface area contributed by atoms with Gasteiger partial charge in [-0.25, -0.2) is 0 Å². The van der Waals surface area contributed by atoms with Gasteiger partial charge in [-0.05, 0) is 51.6 Å². The van der Waals surface area contributed by atoms with Crippen LogP contribution in [0.2, 0.25) is 0 Å². The monoisotopic (exact) mass is 409 g/mol. The van der Waals surface area contributed by atoms with Crippen LogP contribution in [-0.4, -0.2) is 0 Å². The Bertz CT molecular complexity index is 1340. The first-order valence-electron chi connectivity index (χ1n) is 11.1. The van der Waals surface area contributed by atoms with Gasteiger partial charge in [0.05, 0.1) is 5.41 Å². The van der Waals surface area contributed by atoms with Crippen molar-refractivity contribution in [2.45, 2.75) is 5.41 Å². The molecule has 1 aliphatic carbocycles. The van der Waals surface area contributed by atoms with Crippen LogP contribution >= 0.6 is 0 Å². The predicted molar refractivity (Wildman–Crippen MR) is 133 cm³/mol. The molecule has 0 heterocycles. The van der Waals surface area contributed by atoms with Gasteiger partial charge in [-0.1, -0.05) is 115 Å². The molecule has 5 aromatic rings. The molecule has 1 aliphatic rings. The van der Waals surface area contributed by atoms with Crippen LogP contribution in [0, 0.1) is 0 Å². The van der Waals surface area contributed by atoms with Gasteiger partial charge in [-0.2, -0.15) is 0 Å². The zero-order valence-electron chi connectivity index (χ0n) is 17.7. The fraction of sp³-hybridized carbons (Fsp3) is 0.0323. The van der Waals surface area contributed by atoms with E-state index in [1.165, 1.54) is 33.4 Å². The second-order valence-electron chi connectivity index (χ2n) is 8.24. The van der Waals surface area contributed by atoms with E-state index in [0.29, 0.717) is 0 Å². The molecule has 0 fully saturated rings. The molecule has 0 radical (unpaired) electrons. The van der Waals surface area contributed by atoms with Crippen molar-refractivity contribution in [1.82, 2.24) is 0 Å². The van der Waals surface area contributed by atoms with Gasteiger partial charge >= 0.3 is 0 Å². The van der Waals surface area contributed by atoms with Gasteiger partial charge in [0.2, 0.25) is 0 Å². The Morgan fingerprint density at radius 3 is 1.50 bits per heavy atom. The summed E-state index contributed by atoms with van der Waals surface area (Å²) in [6.07, 6.45) is 0. The zero-order valence-corrected chi connectivity index (χ0v) is 17.7. The molecule has 0 unspecified atom stereocenters. The van der Waals surface area contributed by atoms with Gasteiger partial charge in [0.25, 0.3) is 0 Å². The number of hydrogen-bond donors (Lipinski definition) is 1. The summed E-state index contributed by atoms with van der Waals surface area (Å²) in [5, 5.41) is 3.71. The van der Waals surface area contributed by atoms with Gasteiger partial charge in [-0.3, -0.25) is 0 Å². The largest absolute Gasteiger partial charge is 0.355 e. The Morgan fingerprint density at radius 2 is 0.875 bits per heavy atom. The van der Waals surface area contributed by atoms with Gasteiger partial charge in [-0.15, -0.1) is 0 Å². The molecular formula is C31H23N. The molecule has 0 aromatic heterocycles. The maximum Gasteiger partial charge on any atom is 0.0733 e. The molecule has 0 bridgehead atoms. The molecular weight excluding hydrogens is 386 g/mol.